The minimum atomic E-state index is -3.47. The predicted octanol–water partition coefficient (Wildman–Crippen LogP) is 4.36. The first-order valence-corrected chi connectivity index (χ1v) is 15.8. The number of carbonyl (C=O) groups is 1. The minimum Gasteiger partial charge on any atom is -0.348 e. The topological polar surface area (TPSA) is 73.0 Å². The molecule has 2 heterocycles. The molecule has 2 aliphatic rings. The summed E-state index contributed by atoms with van der Waals surface area (Å²) in [5, 5.41) is 3.08. The second-order valence-corrected chi connectivity index (χ2v) is 13.1. The Labute approximate surface area is 238 Å². The second kappa shape index (κ2) is 13.1. The standard InChI is InChI=1S/C32H40N4O3S/c1-26-8-7-15-35(23-26)25-28-10-5-9-27(20-28)22-33-32(37)30-12-6-11-29(21-30)24-34-16-18-36(19-17-34)40(38,39)31-13-3-2-4-14-31/h2-6,9-14,20-21,26H,7-8,15-19,22-25H2,1H3,(H,33,37). The van der Waals surface area contributed by atoms with Crippen molar-refractivity contribution in [2.45, 2.75) is 44.3 Å². The first-order valence-electron chi connectivity index (χ1n) is 14.3. The number of hydrogen-bond donors (Lipinski definition) is 1. The van der Waals surface area contributed by atoms with Gasteiger partial charge in [-0.05, 0) is 66.3 Å². The molecular formula is C32H40N4O3S. The molecule has 212 valence electrons. The van der Waals surface area contributed by atoms with Crippen LogP contribution in [0.4, 0.5) is 0 Å². The van der Waals surface area contributed by atoms with Crippen molar-refractivity contribution in [3.63, 3.8) is 0 Å². The highest BCUT2D eigenvalue weighted by Crippen LogP contribution is 2.20. The number of likely N-dealkylation sites (tertiary alicyclic amines) is 1. The van der Waals surface area contributed by atoms with E-state index in [1.54, 1.807) is 28.6 Å². The van der Waals surface area contributed by atoms with Crippen LogP contribution in [-0.2, 0) is 29.7 Å². The highest BCUT2D eigenvalue weighted by molar-refractivity contribution is 7.89. The number of nitrogens with one attached hydrogen (secondary N) is 1. The fourth-order valence-electron chi connectivity index (χ4n) is 5.75. The van der Waals surface area contributed by atoms with Crippen LogP contribution in [0.5, 0.6) is 0 Å². The Bertz CT molecular complexity index is 1390. The zero-order valence-corrected chi connectivity index (χ0v) is 24.2. The molecule has 0 aliphatic carbocycles. The number of carbonyl (C=O) groups excluding carboxylic acids is 1. The maximum Gasteiger partial charge on any atom is 0.251 e. The van der Waals surface area contributed by atoms with Crippen LogP contribution in [0.1, 0.15) is 46.8 Å². The molecule has 2 saturated heterocycles. The van der Waals surface area contributed by atoms with Crippen molar-refractivity contribution in [3.05, 3.63) is 101 Å². The van der Waals surface area contributed by atoms with Crippen molar-refractivity contribution < 1.29 is 13.2 Å². The van der Waals surface area contributed by atoms with E-state index < -0.39 is 10.0 Å². The van der Waals surface area contributed by atoms with Crippen LogP contribution in [0.15, 0.2) is 83.8 Å². The number of hydrogen-bond acceptors (Lipinski definition) is 5. The third-order valence-corrected chi connectivity index (χ3v) is 9.81. The number of sulfonamides is 1. The van der Waals surface area contributed by atoms with Gasteiger partial charge in [0.05, 0.1) is 4.90 Å². The number of benzene rings is 3. The first kappa shape index (κ1) is 28.5. The normalized spacial score (nSPS) is 19.4. The lowest BCUT2D eigenvalue weighted by Crippen LogP contribution is -2.48. The van der Waals surface area contributed by atoms with E-state index in [1.807, 2.05) is 30.3 Å². The largest absolute Gasteiger partial charge is 0.348 e. The van der Waals surface area contributed by atoms with Crippen molar-refractivity contribution in [1.29, 1.82) is 0 Å². The van der Waals surface area contributed by atoms with Gasteiger partial charge in [0.15, 0.2) is 0 Å². The number of amides is 1. The predicted molar refractivity (Wildman–Crippen MR) is 158 cm³/mol. The van der Waals surface area contributed by atoms with Crippen molar-refractivity contribution in [3.8, 4) is 0 Å². The highest BCUT2D eigenvalue weighted by Gasteiger charge is 2.28. The van der Waals surface area contributed by atoms with E-state index in [-0.39, 0.29) is 5.91 Å². The van der Waals surface area contributed by atoms with Gasteiger partial charge in [-0.25, -0.2) is 8.42 Å². The molecule has 0 bridgehead atoms. The molecule has 0 aromatic heterocycles. The average Bonchev–Trinajstić information content (AvgIpc) is 2.97. The summed E-state index contributed by atoms with van der Waals surface area (Å²) in [6, 6.07) is 24.9. The third kappa shape index (κ3) is 7.37. The van der Waals surface area contributed by atoms with E-state index in [9.17, 15) is 13.2 Å². The van der Waals surface area contributed by atoms with Gasteiger partial charge in [-0.3, -0.25) is 14.6 Å². The van der Waals surface area contributed by atoms with Gasteiger partial charge in [0.1, 0.15) is 0 Å². The van der Waals surface area contributed by atoms with Crippen molar-refractivity contribution in [1.82, 2.24) is 19.4 Å². The summed E-state index contributed by atoms with van der Waals surface area (Å²) in [6.45, 7) is 8.96. The Balaban J connectivity index is 1.12. The Hall–Kier alpha value is -3.04. The van der Waals surface area contributed by atoms with E-state index in [4.69, 9.17) is 0 Å². The molecule has 1 atom stereocenters. The summed E-state index contributed by atoms with van der Waals surface area (Å²) in [6.07, 6.45) is 2.59. The number of rotatable bonds is 9. The summed E-state index contributed by atoms with van der Waals surface area (Å²) >= 11 is 0. The average molecular weight is 561 g/mol. The minimum absolute atomic E-state index is 0.0871. The van der Waals surface area contributed by atoms with Gasteiger partial charge in [-0.2, -0.15) is 4.31 Å². The van der Waals surface area contributed by atoms with Crippen LogP contribution in [0, 0.1) is 5.92 Å². The SMILES string of the molecule is CC1CCCN(Cc2cccc(CNC(=O)c3cccc(CN4CCN(S(=O)(=O)c5ccccc5)CC4)c3)c2)C1. The lowest BCUT2D eigenvalue weighted by molar-refractivity contribution is 0.0950. The summed E-state index contributed by atoms with van der Waals surface area (Å²) in [7, 11) is -3.47. The van der Waals surface area contributed by atoms with Crippen molar-refractivity contribution >= 4 is 15.9 Å². The van der Waals surface area contributed by atoms with Gasteiger partial charge < -0.3 is 5.32 Å². The Morgan fingerprint density at radius 1 is 0.800 bits per heavy atom. The summed E-state index contributed by atoms with van der Waals surface area (Å²) in [4.78, 5) is 18.1. The fraction of sp³-hybridized carbons (Fsp3) is 0.406. The van der Waals surface area contributed by atoms with Crippen LogP contribution in [0.2, 0.25) is 0 Å². The maximum atomic E-state index is 13.0. The highest BCUT2D eigenvalue weighted by atomic mass is 32.2. The van der Waals surface area contributed by atoms with E-state index in [2.05, 4.69) is 46.3 Å². The second-order valence-electron chi connectivity index (χ2n) is 11.2. The molecule has 0 spiro atoms. The fourth-order valence-corrected chi connectivity index (χ4v) is 7.19. The lowest BCUT2D eigenvalue weighted by atomic mass is 9.99. The van der Waals surface area contributed by atoms with Crippen LogP contribution < -0.4 is 5.32 Å². The zero-order chi connectivity index (χ0) is 28.0. The van der Waals surface area contributed by atoms with E-state index in [1.165, 1.54) is 18.4 Å². The summed E-state index contributed by atoms with van der Waals surface area (Å²) in [5.74, 6) is 0.670. The van der Waals surface area contributed by atoms with Gasteiger partial charge in [0, 0.05) is 57.9 Å². The van der Waals surface area contributed by atoms with Crippen LogP contribution in [0.3, 0.4) is 0 Å². The van der Waals surface area contributed by atoms with Crippen molar-refractivity contribution in [2.75, 3.05) is 39.3 Å². The van der Waals surface area contributed by atoms with Crippen LogP contribution in [0.25, 0.3) is 0 Å². The van der Waals surface area contributed by atoms with Gasteiger partial charge >= 0.3 is 0 Å². The first-order chi connectivity index (χ1) is 19.4. The van der Waals surface area contributed by atoms with Gasteiger partial charge in [0.2, 0.25) is 10.0 Å². The molecule has 3 aromatic carbocycles. The molecule has 1 N–H and O–H groups in total. The number of piperidine rings is 1. The molecule has 5 rings (SSSR count). The zero-order valence-electron chi connectivity index (χ0n) is 23.3. The lowest BCUT2D eigenvalue weighted by Gasteiger charge is -2.34. The molecule has 1 amide bonds. The monoisotopic (exact) mass is 560 g/mol. The summed E-state index contributed by atoms with van der Waals surface area (Å²) < 4.78 is 27.4. The van der Waals surface area contributed by atoms with Gasteiger partial charge in [-0.15, -0.1) is 0 Å². The molecule has 2 aliphatic heterocycles. The molecule has 1 unspecified atom stereocenters. The Morgan fingerprint density at radius 2 is 1.48 bits per heavy atom. The van der Waals surface area contributed by atoms with E-state index >= 15 is 0 Å². The summed E-state index contributed by atoms with van der Waals surface area (Å²) in [5.41, 5.74) is 4.08. The molecule has 40 heavy (non-hydrogen) atoms. The third-order valence-electron chi connectivity index (χ3n) is 7.90. The Kier molecular flexibility index (Phi) is 9.32. The number of nitrogens with zero attached hydrogens (tertiary/aromatic N) is 3. The van der Waals surface area contributed by atoms with Gasteiger partial charge in [0.25, 0.3) is 5.91 Å². The molecule has 2 fully saturated rings. The molecule has 0 radical (unpaired) electrons. The molecular weight excluding hydrogens is 520 g/mol. The quantitative estimate of drug-likeness (QED) is 0.421. The van der Waals surface area contributed by atoms with Crippen LogP contribution >= 0.6 is 0 Å². The molecule has 7 nitrogen and oxygen atoms in total. The van der Waals surface area contributed by atoms with Crippen LogP contribution in [-0.4, -0.2) is 67.7 Å². The Morgan fingerprint density at radius 3 is 2.23 bits per heavy atom. The molecule has 0 saturated carbocycles. The number of piperazine rings is 1. The maximum absolute atomic E-state index is 13.0. The van der Waals surface area contributed by atoms with Crippen molar-refractivity contribution in [2.24, 2.45) is 5.92 Å². The molecule has 3 aromatic rings. The van der Waals surface area contributed by atoms with E-state index in [0.717, 1.165) is 36.7 Å². The van der Waals surface area contributed by atoms with E-state index in [0.29, 0.717) is 49.7 Å². The smallest absolute Gasteiger partial charge is 0.251 e. The van der Waals surface area contributed by atoms with Gasteiger partial charge in [-0.1, -0.05) is 61.5 Å². The molecule has 8 heteroatoms.